The maximum atomic E-state index is 12.3. The molecule has 5 heteroatoms. The van der Waals surface area contributed by atoms with E-state index >= 15 is 0 Å². The first kappa shape index (κ1) is 12.3. The van der Waals surface area contributed by atoms with Crippen LogP contribution in [0.2, 0.25) is 0 Å². The van der Waals surface area contributed by atoms with Crippen molar-refractivity contribution in [2.75, 3.05) is 5.32 Å². The minimum absolute atomic E-state index is 0.140. The molecule has 0 atom stereocenters. The summed E-state index contributed by atoms with van der Waals surface area (Å²) in [6.07, 6.45) is 1.69. The summed E-state index contributed by atoms with van der Waals surface area (Å²) in [5.41, 5.74) is 1.28. The van der Waals surface area contributed by atoms with E-state index in [1.807, 2.05) is 35.7 Å². The van der Waals surface area contributed by atoms with Gasteiger partial charge in [0, 0.05) is 16.1 Å². The average Bonchev–Trinajstić information content (AvgIpc) is 2.92. The fourth-order valence-electron chi connectivity index (χ4n) is 1.85. The third kappa shape index (κ3) is 2.39. The van der Waals surface area contributed by atoms with E-state index in [4.69, 9.17) is 0 Å². The lowest BCUT2D eigenvalue weighted by molar-refractivity contribution is 0.102. The van der Waals surface area contributed by atoms with E-state index in [1.165, 1.54) is 11.3 Å². The third-order valence-corrected chi connectivity index (χ3v) is 4.20. The van der Waals surface area contributed by atoms with Gasteiger partial charge in [-0.2, -0.15) is 0 Å². The van der Waals surface area contributed by atoms with Gasteiger partial charge in [0.2, 0.25) is 0 Å². The molecule has 0 saturated heterocycles. The molecule has 0 unspecified atom stereocenters. The van der Waals surface area contributed by atoms with E-state index in [0.29, 0.717) is 11.1 Å². The average molecular weight is 333 g/mol. The van der Waals surface area contributed by atoms with Gasteiger partial charge in [0.25, 0.3) is 5.91 Å². The first-order valence-electron chi connectivity index (χ1n) is 5.64. The number of carbonyl (C=O) groups is 1. The third-order valence-electron chi connectivity index (χ3n) is 2.72. The summed E-state index contributed by atoms with van der Waals surface area (Å²) in [6, 6.07) is 11.2. The van der Waals surface area contributed by atoms with E-state index < -0.39 is 0 Å². The van der Waals surface area contributed by atoms with Crippen molar-refractivity contribution in [3.63, 3.8) is 0 Å². The van der Waals surface area contributed by atoms with E-state index in [9.17, 15) is 4.79 Å². The first-order chi connectivity index (χ1) is 9.25. The minimum atomic E-state index is -0.140. The zero-order valence-electron chi connectivity index (χ0n) is 9.76. The van der Waals surface area contributed by atoms with Crippen LogP contribution >= 0.6 is 27.3 Å². The molecule has 2 heterocycles. The molecule has 2 aromatic heterocycles. The van der Waals surface area contributed by atoms with Gasteiger partial charge in [-0.3, -0.25) is 9.78 Å². The molecule has 0 radical (unpaired) electrons. The van der Waals surface area contributed by atoms with Crippen LogP contribution in [0, 0.1) is 0 Å². The number of halogens is 1. The smallest absolute Gasteiger partial charge is 0.258 e. The molecular formula is C14H9BrN2OS. The Hall–Kier alpha value is -1.72. The normalized spacial score (nSPS) is 10.6. The van der Waals surface area contributed by atoms with Gasteiger partial charge in [-0.1, -0.05) is 22.0 Å². The van der Waals surface area contributed by atoms with Crippen LogP contribution in [0.3, 0.4) is 0 Å². The maximum Gasteiger partial charge on any atom is 0.258 e. The number of aromatic nitrogens is 1. The standard InChI is InChI=1S/C14H9BrN2OS/c15-11-6-5-10(13-9(11)3-1-7-16-13)14(18)17-12-4-2-8-19-12/h1-8H,(H,17,18). The molecule has 0 aliphatic heterocycles. The fraction of sp³-hybridized carbons (Fsp3) is 0. The number of rotatable bonds is 2. The Morgan fingerprint density at radius 2 is 2.11 bits per heavy atom. The van der Waals surface area contributed by atoms with Crippen LogP contribution in [0.4, 0.5) is 5.00 Å². The summed E-state index contributed by atoms with van der Waals surface area (Å²) in [5, 5.41) is 6.56. The van der Waals surface area contributed by atoms with Crippen LogP contribution in [-0.4, -0.2) is 10.9 Å². The number of anilines is 1. The van der Waals surface area contributed by atoms with Crippen LogP contribution < -0.4 is 5.32 Å². The second-order valence-corrected chi connectivity index (χ2v) is 5.73. The second kappa shape index (κ2) is 5.11. The van der Waals surface area contributed by atoms with Gasteiger partial charge >= 0.3 is 0 Å². The Labute approximate surface area is 122 Å². The van der Waals surface area contributed by atoms with Crippen molar-refractivity contribution in [3.05, 3.63) is 58.0 Å². The summed E-state index contributed by atoms with van der Waals surface area (Å²) in [5.74, 6) is -0.140. The Balaban J connectivity index is 2.05. The number of hydrogen-bond acceptors (Lipinski definition) is 3. The Kier molecular flexibility index (Phi) is 3.31. The highest BCUT2D eigenvalue weighted by Gasteiger charge is 2.13. The summed E-state index contributed by atoms with van der Waals surface area (Å²) in [6.45, 7) is 0. The van der Waals surface area contributed by atoms with Crippen molar-refractivity contribution >= 4 is 49.1 Å². The Bertz CT molecular complexity index is 740. The van der Waals surface area contributed by atoms with Crippen molar-refractivity contribution in [3.8, 4) is 0 Å². The molecule has 3 rings (SSSR count). The number of nitrogens with zero attached hydrogens (tertiary/aromatic N) is 1. The molecule has 0 bridgehead atoms. The van der Waals surface area contributed by atoms with Crippen molar-refractivity contribution in [1.82, 2.24) is 4.98 Å². The maximum absolute atomic E-state index is 12.3. The van der Waals surface area contributed by atoms with Crippen LogP contribution in [0.15, 0.2) is 52.4 Å². The lowest BCUT2D eigenvalue weighted by Gasteiger charge is -2.07. The van der Waals surface area contributed by atoms with Crippen molar-refractivity contribution in [1.29, 1.82) is 0 Å². The molecule has 0 saturated carbocycles. The summed E-state index contributed by atoms with van der Waals surface area (Å²) >= 11 is 4.96. The first-order valence-corrected chi connectivity index (χ1v) is 7.31. The quantitative estimate of drug-likeness (QED) is 0.759. The number of carbonyl (C=O) groups excluding carboxylic acids is 1. The molecule has 3 nitrogen and oxygen atoms in total. The van der Waals surface area contributed by atoms with E-state index in [0.717, 1.165) is 14.9 Å². The highest BCUT2D eigenvalue weighted by Crippen LogP contribution is 2.26. The topological polar surface area (TPSA) is 42.0 Å². The number of thiophene rings is 1. The van der Waals surface area contributed by atoms with Gasteiger partial charge in [0.05, 0.1) is 16.1 Å². The number of hydrogen-bond donors (Lipinski definition) is 1. The molecule has 1 amide bonds. The lowest BCUT2D eigenvalue weighted by Crippen LogP contribution is -2.11. The summed E-state index contributed by atoms with van der Waals surface area (Å²) in [7, 11) is 0. The van der Waals surface area contributed by atoms with Crippen LogP contribution in [-0.2, 0) is 0 Å². The van der Waals surface area contributed by atoms with E-state index in [-0.39, 0.29) is 5.91 Å². The van der Waals surface area contributed by atoms with Crippen molar-refractivity contribution in [2.45, 2.75) is 0 Å². The highest BCUT2D eigenvalue weighted by atomic mass is 79.9. The molecule has 0 fully saturated rings. The minimum Gasteiger partial charge on any atom is -0.314 e. The highest BCUT2D eigenvalue weighted by molar-refractivity contribution is 9.10. The zero-order chi connectivity index (χ0) is 13.2. The predicted octanol–water partition coefficient (Wildman–Crippen LogP) is 4.31. The number of pyridine rings is 1. The van der Waals surface area contributed by atoms with Crippen molar-refractivity contribution in [2.24, 2.45) is 0 Å². The largest absolute Gasteiger partial charge is 0.314 e. The second-order valence-electron chi connectivity index (χ2n) is 3.93. The molecule has 19 heavy (non-hydrogen) atoms. The molecule has 94 valence electrons. The van der Waals surface area contributed by atoms with E-state index in [2.05, 4.69) is 26.2 Å². The monoisotopic (exact) mass is 332 g/mol. The number of nitrogens with one attached hydrogen (secondary N) is 1. The van der Waals surface area contributed by atoms with Gasteiger partial charge in [0.1, 0.15) is 0 Å². The van der Waals surface area contributed by atoms with E-state index in [1.54, 1.807) is 12.3 Å². The molecular weight excluding hydrogens is 324 g/mol. The number of amides is 1. The van der Waals surface area contributed by atoms with Gasteiger partial charge < -0.3 is 5.32 Å². The Morgan fingerprint density at radius 1 is 1.21 bits per heavy atom. The van der Waals surface area contributed by atoms with Crippen LogP contribution in [0.1, 0.15) is 10.4 Å². The molecule has 3 aromatic rings. The van der Waals surface area contributed by atoms with Crippen LogP contribution in [0.5, 0.6) is 0 Å². The molecule has 1 aromatic carbocycles. The number of benzene rings is 1. The van der Waals surface area contributed by atoms with Crippen LogP contribution in [0.25, 0.3) is 10.9 Å². The fourth-order valence-corrected chi connectivity index (χ4v) is 2.91. The van der Waals surface area contributed by atoms with Crippen molar-refractivity contribution < 1.29 is 4.79 Å². The predicted molar refractivity (Wildman–Crippen MR) is 81.7 cm³/mol. The zero-order valence-corrected chi connectivity index (χ0v) is 12.2. The van der Waals surface area contributed by atoms with Gasteiger partial charge in [-0.15, -0.1) is 11.3 Å². The molecule has 0 aliphatic carbocycles. The van der Waals surface area contributed by atoms with Gasteiger partial charge in [0.15, 0.2) is 0 Å². The molecule has 1 N–H and O–H groups in total. The van der Waals surface area contributed by atoms with Gasteiger partial charge in [-0.25, -0.2) is 0 Å². The summed E-state index contributed by atoms with van der Waals surface area (Å²) in [4.78, 5) is 16.6. The van der Waals surface area contributed by atoms with Gasteiger partial charge in [-0.05, 0) is 35.7 Å². The molecule has 0 aliphatic rings. The Morgan fingerprint density at radius 3 is 2.89 bits per heavy atom. The molecule has 0 spiro atoms. The summed E-state index contributed by atoms with van der Waals surface area (Å²) < 4.78 is 0.934. The SMILES string of the molecule is O=C(Nc1cccs1)c1ccc(Br)c2cccnc12. The number of fused-ring (bicyclic) bond motifs is 1. The lowest BCUT2D eigenvalue weighted by atomic mass is 10.1.